The maximum absolute atomic E-state index is 13.4. The molecule has 4 heterocycles. The number of rotatable bonds is 22. The summed E-state index contributed by atoms with van der Waals surface area (Å²) in [5.41, 5.74) is 4.57. The first-order chi connectivity index (χ1) is 36.0. The Morgan fingerprint density at radius 3 is 1.49 bits per heavy atom. The van der Waals surface area contributed by atoms with Gasteiger partial charge < -0.3 is 72.4 Å². The molecule has 15 atom stereocenters. The van der Waals surface area contributed by atoms with E-state index >= 15 is 0 Å². The summed E-state index contributed by atoms with van der Waals surface area (Å²) in [6.07, 6.45) is -14.5. The maximum Gasteiger partial charge on any atom is 0.217 e. The lowest BCUT2D eigenvalue weighted by Gasteiger charge is -2.51. The van der Waals surface area contributed by atoms with Crippen LogP contribution in [0.4, 0.5) is 0 Å². The monoisotopic (exact) mass is 1020 g/mol. The highest BCUT2D eigenvalue weighted by Gasteiger charge is 2.59. The van der Waals surface area contributed by atoms with Gasteiger partial charge in [-0.3, -0.25) is 4.79 Å². The molecule has 9 rings (SSSR count). The van der Waals surface area contributed by atoms with Crippen LogP contribution in [0.25, 0.3) is 0 Å². The molecule has 1 amide bonds. The van der Waals surface area contributed by atoms with Crippen molar-refractivity contribution in [2.45, 2.75) is 159 Å². The van der Waals surface area contributed by atoms with E-state index in [1.165, 1.54) is 6.92 Å². The van der Waals surface area contributed by atoms with Crippen LogP contribution in [0, 0.1) is 0 Å². The van der Waals surface area contributed by atoms with Crippen molar-refractivity contribution in [2.24, 2.45) is 0 Å². The van der Waals surface area contributed by atoms with Gasteiger partial charge in [0.05, 0.1) is 52.4 Å². The van der Waals surface area contributed by atoms with Crippen LogP contribution in [0.5, 0.6) is 0 Å². The molecule has 3 N–H and O–H groups in total. The lowest BCUT2D eigenvalue weighted by atomic mass is 9.94. The predicted molar refractivity (Wildman–Crippen MR) is 268 cm³/mol. The Kier molecular flexibility index (Phi) is 18.7. The molecule has 0 spiro atoms. The largest absolute Gasteiger partial charge is 0.394 e. The molecule has 5 aromatic rings. The minimum atomic E-state index is -1.45. The summed E-state index contributed by atoms with van der Waals surface area (Å²) >= 11 is 0. The summed E-state index contributed by atoms with van der Waals surface area (Å²) in [5, 5.41) is 25.8. The third-order valence-electron chi connectivity index (χ3n) is 13.5. The third kappa shape index (κ3) is 13.9. The SMILES string of the molecule is CC(=O)N[C@H]1[C@H](OCc2ccccc2)O[C@H](COCc2ccccc2)[C@@H](O[C@@H]2O[C@@H](C)[C@@H](OCc3ccccc3)[C@@H](OCc3ccccc3)[C@@H]2OCc2ccccc2)[C@@H]1O[C@@H]1O[C@H](CO)[C@@H]2OC(C)(C)O[C@@H]2[C@H]1O. The third-order valence-corrected chi connectivity index (χ3v) is 13.5. The lowest BCUT2D eigenvalue weighted by Crippen LogP contribution is -2.70. The zero-order valence-electron chi connectivity index (χ0n) is 42.2. The number of fused-ring (bicyclic) bond motifs is 1. The van der Waals surface area contributed by atoms with E-state index in [9.17, 15) is 15.0 Å². The van der Waals surface area contributed by atoms with Crippen LogP contribution < -0.4 is 5.32 Å². The Balaban J connectivity index is 1.11. The van der Waals surface area contributed by atoms with Crippen molar-refractivity contribution in [3.63, 3.8) is 0 Å². The zero-order chi connectivity index (χ0) is 51.4. The predicted octanol–water partition coefficient (Wildman–Crippen LogP) is 6.52. The van der Waals surface area contributed by atoms with Gasteiger partial charge in [0.2, 0.25) is 5.91 Å². The summed E-state index contributed by atoms with van der Waals surface area (Å²) in [4.78, 5) is 13.4. The van der Waals surface area contributed by atoms with Gasteiger partial charge in [0, 0.05) is 6.92 Å². The molecule has 0 aromatic heterocycles. The van der Waals surface area contributed by atoms with Crippen molar-refractivity contribution in [3.8, 4) is 0 Å². The van der Waals surface area contributed by atoms with Crippen LogP contribution in [0.2, 0.25) is 0 Å². The Hall–Kier alpha value is -4.99. The van der Waals surface area contributed by atoms with Crippen molar-refractivity contribution >= 4 is 5.91 Å². The average molecular weight is 1020 g/mol. The second kappa shape index (κ2) is 25.7. The van der Waals surface area contributed by atoms with Crippen LogP contribution in [0.3, 0.4) is 0 Å². The summed E-state index contributed by atoms with van der Waals surface area (Å²) in [5.74, 6) is -1.53. The first-order valence-corrected chi connectivity index (χ1v) is 25.4. The topological polar surface area (TPSA) is 180 Å². The van der Waals surface area contributed by atoms with E-state index in [-0.39, 0.29) is 39.6 Å². The maximum atomic E-state index is 13.4. The van der Waals surface area contributed by atoms with Crippen LogP contribution >= 0.6 is 0 Å². The van der Waals surface area contributed by atoms with E-state index < -0.39 is 110 Å². The van der Waals surface area contributed by atoms with Crippen LogP contribution in [-0.4, -0.2) is 127 Å². The molecule has 16 nitrogen and oxygen atoms in total. The number of hydrogen-bond acceptors (Lipinski definition) is 15. The van der Waals surface area contributed by atoms with Crippen LogP contribution in [0.1, 0.15) is 55.5 Å². The zero-order valence-corrected chi connectivity index (χ0v) is 42.2. The fraction of sp³-hybridized carbons (Fsp3) is 0.466. The van der Waals surface area contributed by atoms with E-state index in [0.717, 1.165) is 27.8 Å². The molecule has 16 heteroatoms. The number of benzene rings is 5. The summed E-state index contributed by atoms with van der Waals surface area (Å²) in [6, 6.07) is 47.6. The molecule has 0 radical (unpaired) electrons. The standard InChI is InChI=1S/C58H69NO15/c1-37-48(64-32-40-22-12-6-13-23-40)53(65-33-41-24-14-7-15-25-41)54(66-34-42-26-16-8-17-27-42)57(68-37)71-49-45(36-63-31-39-20-10-5-11-21-39)70-55(67-35-43-28-18-9-19-29-43)46(59-38(2)61)51(49)72-56-47(62)52-50(44(30-60)69-56)73-58(3,4)74-52/h5-29,37,44-57,60,62H,30-36H2,1-4H3,(H,59,61)/t37-,44+,45+,46+,47+,48+,49+,50-,51+,52+,53+,54-,55+,56-,57-/m0/s1. The average Bonchev–Trinajstić information content (AvgIpc) is 3.75. The van der Waals surface area contributed by atoms with Crippen molar-refractivity contribution < 1.29 is 71.8 Å². The van der Waals surface area contributed by atoms with Gasteiger partial charge in [-0.25, -0.2) is 0 Å². The normalized spacial score (nSPS) is 31.6. The number of carbonyl (C=O) groups excluding carboxylic acids is 1. The Morgan fingerprint density at radius 1 is 0.527 bits per heavy atom. The first kappa shape index (κ1) is 53.8. The van der Waals surface area contributed by atoms with Gasteiger partial charge in [-0.15, -0.1) is 0 Å². The molecular formula is C58H69NO15. The number of ether oxygens (including phenoxy) is 12. The van der Waals surface area contributed by atoms with E-state index in [4.69, 9.17) is 56.8 Å². The molecule has 0 unspecified atom stereocenters. The Bertz CT molecular complexity index is 2440. The van der Waals surface area contributed by atoms with Gasteiger partial charge in [-0.2, -0.15) is 0 Å². The highest BCUT2D eigenvalue weighted by molar-refractivity contribution is 5.73. The fourth-order valence-electron chi connectivity index (χ4n) is 9.92. The highest BCUT2D eigenvalue weighted by Crippen LogP contribution is 2.41. The summed E-state index contributed by atoms with van der Waals surface area (Å²) in [7, 11) is 0. The summed E-state index contributed by atoms with van der Waals surface area (Å²) in [6.45, 7) is 7.15. The number of hydrogen-bond donors (Lipinski definition) is 3. The van der Waals surface area contributed by atoms with Gasteiger partial charge in [-0.1, -0.05) is 152 Å². The van der Waals surface area contributed by atoms with E-state index in [1.54, 1.807) is 13.8 Å². The molecule has 0 bridgehead atoms. The van der Waals surface area contributed by atoms with Crippen molar-refractivity contribution in [1.29, 1.82) is 0 Å². The molecule has 74 heavy (non-hydrogen) atoms. The molecular weight excluding hydrogens is 951 g/mol. The van der Waals surface area contributed by atoms with E-state index in [1.807, 2.05) is 159 Å². The van der Waals surface area contributed by atoms with Gasteiger partial charge in [0.1, 0.15) is 67.1 Å². The van der Waals surface area contributed by atoms with Crippen molar-refractivity contribution in [1.82, 2.24) is 5.32 Å². The Labute approximate surface area is 433 Å². The smallest absolute Gasteiger partial charge is 0.217 e. The molecule has 5 aromatic carbocycles. The quantitative estimate of drug-likeness (QED) is 0.0682. The van der Waals surface area contributed by atoms with Crippen molar-refractivity contribution in [3.05, 3.63) is 179 Å². The number of nitrogens with one attached hydrogen (secondary N) is 1. The van der Waals surface area contributed by atoms with Crippen LogP contribution in [0.15, 0.2) is 152 Å². The fourth-order valence-corrected chi connectivity index (χ4v) is 9.92. The molecule has 4 aliphatic heterocycles. The first-order valence-electron chi connectivity index (χ1n) is 25.4. The molecule has 0 saturated carbocycles. The number of carbonyl (C=O) groups is 1. The van der Waals surface area contributed by atoms with E-state index in [0.29, 0.717) is 0 Å². The summed E-state index contributed by atoms with van der Waals surface area (Å²) < 4.78 is 80.6. The Morgan fingerprint density at radius 2 is 0.973 bits per heavy atom. The number of aliphatic hydroxyl groups is 2. The van der Waals surface area contributed by atoms with Crippen molar-refractivity contribution in [2.75, 3.05) is 13.2 Å². The molecule has 0 aliphatic carbocycles. The molecule has 4 aliphatic rings. The lowest BCUT2D eigenvalue weighted by molar-refractivity contribution is -0.377. The molecule has 4 fully saturated rings. The highest BCUT2D eigenvalue weighted by atomic mass is 16.8. The van der Waals surface area contributed by atoms with Crippen LogP contribution in [-0.2, 0) is 94.7 Å². The van der Waals surface area contributed by atoms with Gasteiger partial charge in [-0.05, 0) is 48.6 Å². The van der Waals surface area contributed by atoms with E-state index in [2.05, 4.69) is 5.32 Å². The second-order valence-corrected chi connectivity index (χ2v) is 19.5. The number of aliphatic hydroxyl groups excluding tert-OH is 2. The van der Waals surface area contributed by atoms with Gasteiger partial charge >= 0.3 is 0 Å². The minimum absolute atomic E-state index is 0.0604. The number of amides is 1. The molecule has 396 valence electrons. The molecule has 4 saturated heterocycles. The minimum Gasteiger partial charge on any atom is -0.394 e. The van der Waals surface area contributed by atoms with Gasteiger partial charge in [0.15, 0.2) is 24.7 Å². The second-order valence-electron chi connectivity index (χ2n) is 19.5. The van der Waals surface area contributed by atoms with Gasteiger partial charge in [0.25, 0.3) is 0 Å².